The lowest BCUT2D eigenvalue weighted by molar-refractivity contribution is -0.139. The van der Waals surface area contributed by atoms with Crippen LogP contribution in [0.1, 0.15) is 29.7 Å². The number of carbonyl (C=O) groups excluding carboxylic acids is 1. The topological polar surface area (TPSA) is 99.8 Å². The summed E-state index contributed by atoms with van der Waals surface area (Å²) >= 11 is 0. The van der Waals surface area contributed by atoms with Gasteiger partial charge < -0.3 is 19.9 Å². The van der Waals surface area contributed by atoms with E-state index in [-0.39, 0.29) is 18.8 Å². The number of hydrogen-bond donors (Lipinski definition) is 3. The predicted octanol–water partition coefficient (Wildman–Crippen LogP) is 0.407. The average molecular weight is 241 g/mol. The molecule has 3 N–H and O–H groups in total. The zero-order valence-corrected chi connectivity index (χ0v) is 9.47. The molecule has 1 unspecified atom stereocenters. The second-order valence-corrected chi connectivity index (χ2v) is 3.50. The summed E-state index contributed by atoms with van der Waals surface area (Å²) < 4.78 is 5.19. The van der Waals surface area contributed by atoms with Gasteiger partial charge in [0.15, 0.2) is 5.76 Å². The predicted molar refractivity (Wildman–Crippen MR) is 58.7 cm³/mol. The summed E-state index contributed by atoms with van der Waals surface area (Å²) in [5.41, 5.74) is 0. The number of rotatable bonds is 6. The molecule has 0 spiro atoms. The first-order valence-electron chi connectivity index (χ1n) is 5.31. The third kappa shape index (κ3) is 3.60. The number of nitrogens with one attached hydrogen (secondary N) is 1. The van der Waals surface area contributed by atoms with Crippen molar-refractivity contribution in [1.82, 2.24) is 5.32 Å². The molecule has 0 fully saturated rings. The molecule has 0 saturated carbocycles. The first-order chi connectivity index (χ1) is 8.08. The Labute approximate surface area is 98.2 Å². The highest BCUT2D eigenvalue weighted by atomic mass is 16.4. The van der Waals surface area contributed by atoms with Crippen LogP contribution in [0, 0.1) is 0 Å². The zero-order chi connectivity index (χ0) is 12.8. The van der Waals surface area contributed by atoms with Crippen molar-refractivity contribution in [3.8, 4) is 0 Å². The van der Waals surface area contributed by atoms with Gasteiger partial charge in [0.2, 0.25) is 0 Å². The first-order valence-corrected chi connectivity index (χ1v) is 5.31. The highest BCUT2D eigenvalue weighted by molar-refractivity contribution is 5.94. The second-order valence-electron chi connectivity index (χ2n) is 3.50. The fourth-order valence-electron chi connectivity index (χ4n) is 1.31. The number of furan rings is 1. The Hall–Kier alpha value is -1.82. The maximum absolute atomic E-state index is 11.6. The number of hydrogen-bond acceptors (Lipinski definition) is 4. The Morgan fingerprint density at radius 3 is 2.65 bits per heavy atom. The molecule has 0 bridgehead atoms. The van der Waals surface area contributed by atoms with E-state index < -0.39 is 17.9 Å². The number of aliphatic hydroxyl groups excluding tert-OH is 1. The van der Waals surface area contributed by atoms with E-state index in [1.807, 2.05) is 6.92 Å². The molecular weight excluding hydrogens is 226 g/mol. The molecule has 6 nitrogen and oxygen atoms in total. The van der Waals surface area contributed by atoms with Crippen molar-refractivity contribution in [3.05, 3.63) is 23.7 Å². The number of carboxylic acid groups (broad SMARTS) is 1. The third-order valence-electron chi connectivity index (χ3n) is 2.26. The first kappa shape index (κ1) is 13.2. The summed E-state index contributed by atoms with van der Waals surface area (Å²) in [7, 11) is 0. The SMILES string of the molecule is CCc1ccc(C(=O)NC(CCO)C(=O)O)o1. The van der Waals surface area contributed by atoms with E-state index >= 15 is 0 Å². The van der Waals surface area contributed by atoms with Crippen molar-refractivity contribution in [2.45, 2.75) is 25.8 Å². The van der Waals surface area contributed by atoms with Crippen LogP contribution in [0.25, 0.3) is 0 Å². The average Bonchev–Trinajstić information content (AvgIpc) is 2.76. The maximum Gasteiger partial charge on any atom is 0.326 e. The van der Waals surface area contributed by atoms with Crippen molar-refractivity contribution in [2.24, 2.45) is 0 Å². The molecular formula is C11H15NO5. The van der Waals surface area contributed by atoms with Gasteiger partial charge in [-0.25, -0.2) is 4.79 Å². The number of carboxylic acids is 1. The van der Waals surface area contributed by atoms with Crippen LogP contribution in [0.15, 0.2) is 16.5 Å². The summed E-state index contributed by atoms with van der Waals surface area (Å²) in [6.45, 7) is 1.57. The monoisotopic (exact) mass is 241 g/mol. The van der Waals surface area contributed by atoms with Gasteiger partial charge in [0.25, 0.3) is 5.91 Å². The normalized spacial score (nSPS) is 12.1. The van der Waals surface area contributed by atoms with E-state index in [0.29, 0.717) is 12.2 Å². The molecule has 0 aliphatic heterocycles. The van der Waals surface area contributed by atoms with Crippen LogP contribution in [0.4, 0.5) is 0 Å². The lowest BCUT2D eigenvalue weighted by atomic mass is 10.2. The Bertz CT molecular complexity index is 398. The van der Waals surface area contributed by atoms with Crippen LogP contribution in [-0.4, -0.2) is 34.7 Å². The Balaban J connectivity index is 2.66. The molecule has 0 radical (unpaired) electrons. The molecule has 1 rings (SSSR count). The maximum atomic E-state index is 11.6. The van der Waals surface area contributed by atoms with Crippen molar-refractivity contribution in [1.29, 1.82) is 0 Å². The highest BCUT2D eigenvalue weighted by Crippen LogP contribution is 2.08. The molecule has 0 aliphatic rings. The van der Waals surface area contributed by atoms with E-state index in [9.17, 15) is 9.59 Å². The van der Waals surface area contributed by atoms with Gasteiger partial charge in [0.05, 0.1) is 0 Å². The van der Waals surface area contributed by atoms with Gasteiger partial charge in [0.1, 0.15) is 11.8 Å². The summed E-state index contributed by atoms with van der Waals surface area (Å²) in [5.74, 6) is -1.05. The summed E-state index contributed by atoms with van der Waals surface area (Å²) in [5, 5.41) is 19.7. The van der Waals surface area contributed by atoms with Crippen molar-refractivity contribution in [2.75, 3.05) is 6.61 Å². The molecule has 1 heterocycles. The standard InChI is InChI=1S/C11H15NO5/c1-2-7-3-4-9(17-7)10(14)12-8(5-6-13)11(15)16/h3-4,8,13H,2,5-6H2,1H3,(H,12,14)(H,15,16). The molecule has 94 valence electrons. The fraction of sp³-hybridized carbons (Fsp3) is 0.455. The zero-order valence-electron chi connectivity index (χ0n) is 9.47. The Kier molecular flexibility index (Phi) is 4.71. The van der Waals surface area contributed by atoms with E-state index in [1.165, 1.54) is 6.07 Å². The summed E-state index contributed by atoms with van der Waals surface area (Å²) in [4.78, 5) is 22.4. The van der Waals surface area contributed by atoms with Gasteiger partial charge in [-0.15, -0.1) is 0 Å². The molecule has 1 atom stereocenters. The van der Waals surface area contributed by atoms with Crippen LogP contribution in [-0.2, 0) is 11.2 Å². The number of aliphatic carboxylic acids is 1. The van der Waals surface area contributed by atoms with Gasteiger partial charge in [-0.1, -0.05) is 6.92 Å². The van der Waals surface area contributed by atoms with Crippen LogP contribution in [0.2, 0.25) is 0 Å². The van der Waals surface area contributed by atoms with Crippen molar-refractivity contribution < 1.29 is 24.2 Å². The van der Waals surface area contributed by atoms with Crippen LogP contribution >= 0.6 is 0 Å². The van der Waals surface area contributed by atoms with Gasteiger partial charge >= 0.3 is 5.97 Å². The molecule has 0 aliphatic carbocycles. The smallest absolute Gasteiger partial charge is 0.326 e. The number of carbonyl (C=O) groups is 2. The van der Waals surface area contributed by atoms with Gasteiger partial charge in [-0.05, 0) is 12.1 Å². The molecule has 0 saturated heterocycles. The third-order valence-corrected chi connectivity index (χ3v) is 2.26. The van der Waals surface area contributed by atoms with Gasteiger partial charge in [-0.3, -0.25) is 4.79 Å². The lowest BCUT2D eigenvalue weighted by Crippen LogP contribution is -2.41. The van der Waals surface area contributed by atoms with E-state index in [1.54, 1.807) is 6.07 Å². The Morgan fingerprint density at radius 2 is 2.18 bits per heavy atom. The van der Waals surface area contributed by atoms with E-state index in [4.69, 9.17) is 14.6 Å². The molecule has 1 aromatic rings. The van der Waals surface area contributed by atoms with Crippen LogP contribution in [0.5, 0.6) is 0 Å². The molecule has 17 heavy (non-hydrogen) atoms. The molecule has 6 heteroatoms. The van der Waals surface area contributed by atoms with Crippen molar-refractivity contribution in [3.63, 3.8) is 0 Å². The minimum absolute atomic E-state index is 0.0393. The second kappa shape index (κ2) is 6.05. The number of amides is 1. The van der Waals surface area contributed by atoms with Gasteiger partial charge in [-0.2, -0.15) is 0 Å². The lowest BCUT2D eigenvalue weighted by Gasteiger charge is -2.11. The van der Waals surface area contributed by atoms with Crippen LogP contribution in [0.3, 0.4) is 0 Å². The molecule has 0 aromatic carbocycles. The quantitative estimate of drug-likeness (QED) is 0.669. The molecule has 1 amide bonds. The number of aryl methyl sites for hydroxylation is 1. The highest BCUT2D eigenvalue weighted by Gasteiger charge is 2.21. The molecule has 1 aromatic heterocycles. The minimum Gasteiger partial charge on any atom is -0.480 e. The summed E-state index contributed by atoms with van der Waals surface area (Å²) in [6.07, 6.45) is 0.620. The summed E-state index contributed by atoms with van der Waals surface area (Å²) in [6, 6.07) is 2.05. The number of aliphatic hydroxyl groups is 1. The van der Waals surface area contributed by atoms with E-state index in [2.05, 4.69) is 5.32 Å². The largest absolute Gasteiger partial charge is 0.480 e. The fourth-order valence-corrected chi connectivity index (χ4v) is 1.31. The van der Waals surface area contributed by atoms with E-state index in [0.717, 1.165) is 0 Å². The van der Waals surface area contributed by atoms with Crippen molar-refractivity contribution >= 4 is 11.9 Å². The van der Waals surface area contributed by atoms with Gasteiger partial charge in [0, 0.05) is 19.4 Å². The minimum atomic E-state index is -1.19. The Morgan fingerprint density at radius 1 is 1.47 bits per heavy atom. The van der Waals surface area contributed by atoms with Crippen LogP contribution < -0.4 is 5.32 Å².